The van der Waals surface area contributed by atoms with Crippen molar-refractivity contribution < 1.29 is 19.1 Å². The summed E-state index contributed by atoms with van der Waals surface area (Å²) in [6, 6.07) is 3.67. The molecule has 1 aromatic rings. The maximum absolute atomic E-state index is 13.0. The second kappa shape index (κ2) is 6.17. The zero-order chi connectivity index (χ0) is 13.7. The first-order valence-corrected chi connectivity index (χ1v) is 5.64. The summed E-state index contributed by atoms with van der Waals surface area (Å²) in [6.45, 7) is -0.627. The Bertz CT molecular complexity index is 525. The zero-order valence-corrected chi connectivity index (χ0v) is 10.8. The first-order valence-electron chi connectivity index (χ1n) is 4.85. The molecule has 0 saturated carbocycles. The van der Waals surface area contributed by atoms with E-state index in [9.17, 15) is 14.0 Å². The molecule has 1 aromatic carbocycles. The van der Waals surface area contributed by atoms with Crippen LogP contribution >= 0.6 is 15.9 Å². The third-order valence-corrected chi connectivity index (χ3v) is 2.67. The van der Waals surface area contributed by atoms with Gasteiger partial charge >= 0.3 is 5.97 Å². The maximum atomic E-state index is 13.0. The molecule has 0 radical (unpaired) electrons. The molecule has 0 aliphatic rings. The Morgan fingerprint density at radius 1 is 1.50 bits per heavy atom. The summed E-state index contributed by atoms with van der Waals surface area (Å²) in [5.74, 6) is -0.0265. The molecule has 0 aliphatic heterocycles. The minimum atomic E-state index is -1.17. The Morgan fingerprint density at radius 3 is 2.67 bits per heavy atom. The lowest BCUT2D eigenvalue weighted by atomic mass is 10.2. The number of carboxylic acid groups (broad SMARTS) is 1. The Balaban J connectivity index is 2.98. The molecular weight excluding hydrogens is 305 g/mol. The van der Waals surface area contributed by atoms with Crippen LogP contribution in [0.4, 0.5) is 4.39 Å². The Hall–Kier alpha value is -1.87. The minimum Gasteiger partial charge on any atom is -0.480 e. The van der Waals surface area contributed by atoms with Gasteiger partial charge in [0.1, 0.15) is 12.4 Å². The summed E-state index contributed by atoms with van der Waals surface area (Å²) in [7, 11) is 0. The number of carboxylic acids is 1. The summed E-state index contributed by atoms with van der Waals surface area (Å²) < 4.78 is 13.2. The maximum Gasteiger partial charge on any atom is 0.323 e. The van der Waals surface area contributed by atoms with Gasteiger partial charge in [0, 0.05) is 5.56 Å². The molecule has 0 aromatic heterocycles. The van der Waals surface area contributed by atoms with Crippen LogP contribution in [-0.4, -0.2) is 35.0 Å². The number of carbonyl (C=O) groups excluding carboxylic acids is 1. The first kappa shape index (κ1) is 14.2. The second-order valence-corrected chi connectivity index (χ2v) is 4.24. The van der Waals surface area contributed by atoms with E-state index in [1.165, 1.54) is 12.1 Å². The fourth-order valence-electron chi connectivity index (χ4n) is 1.28. The average Bonchev–Trinajstić information content (AvgIpc) is 2.31. The zero-order valence-electron chi connectivity index (χ0n) is 9.19. The van der Waals surface area contributed by atoms with Crippen molar-refractivity contribution in [2.75, 3.05) is 13.1 Å². The van der Waals surface area contributed by atoms with Gasteiger partial charge in [-0.05, 0) is 34.1 Å². The van der Waals surface area contributed by atoms with Crippen LogP contribution in [-0.2, 0) is 4.79 Å². The van der Waals surface area contributed by atoms with Crippen molar-refractivity contribution in [2.24, 2.45) is 0 Å². The lowest BCUT2D eigenvalue weighted by Crippen LogP contribution is -2.36. The van der Waals surface area contributed by atoms with Crippen molar-refractivity contribution in [1.29, 1.82) is 0 Å². The van der Waals surface area contributed by atoms with Crippen LogP contribution in [0, 0.1) is 18.2 Å². The first-order chi connectivity index (χ1) is 8.45. The molecule has 1 rings (SSSR count). The van der Waals surface area contributed by atoms with Crippen LogP contribution in [0.25, 0.3) is 0 Å². The minimum absolute atomic E-state index is 0.125. The van der Waals surface area contributed by atoms with Crippen LogP contribution in [0.3, 0.4) is 0 Å². The Morgan fingerprint density at radius 2 is 2.17 bits per heavy atom. The number of rotatable bonds is 4. The van der Waals surface area contributed by atoms with Crippen molar-refractivity contribution in [2.45, 2.75) is 0 Å². The molecule has 18 heavy (non-hydrogen) atoms. The highest BCUT2D eigenvalue weighted by Gasteiger charge is 2.18. The van der Waals surface area contributed by atoms with Crippen LogP contribution < -0.4 is 0 Å². The lowest BCUT2D eigenvalue weighted by Gasteiger charge is -2.18. The van der Waals surface area contributed by atoms with E-state index in [0.717, 1.165) is 11.0 Å². The quantitative estimate of drug-likeness (QED) is 0.862. The van der Waals surface area contributed by atoms with Crippen LogP contribution in [0.15, 0.2) is 22.7 Å². The number of hydrogen-bond acceptors (Lipinski definition) is 2. The van der Waals surface area contributed by atoms with Crippen LogP contribution in [0.2, 0.25) is 0 Å². The molecule has 0 unspecified atom stereocenters. The SMILES string of the molecule is C#CCN(CC(=O)O)C(=O)c1ccc(F)c(Br)c1. The number of terminal acetylenes is 1. The van der Waals surface area contributed by atoms with E-state index in [-0.39, 0.29) is 16.6 Å². The Labute approximate surface area is 112 Å². The van der Waals surface area contributed by atoms with Gasteiger partial charge in [-0.25, -0.2) is 4.39 Å². The third kappa shape index (κ3) is 3.57. The molecule has 1 amide bonds. The summed E-state index contributed by atoms with van der Waals surface area (Å²) in [5.41, 5.74) is 0.166. The molecule has 0 spiro atoms. The normalized spacial score (nSPS) is 9.61. The predicted octanol–water partition coefficient (Wildman–Crippen LogP) is 1.75. The molecule has 0 heterocycles. The van der Waals surface area contributed by atoms with Crippen molar-refractivity contribution in [3.8, 4) is 12.3 Å². The van der Waals surface area contributed by atoms with Crippen molar-refractivity contribution in [1.82, 2.24) is 4.90 Å². The standard InChI is InChI=1S/C12H9BrFNO3/c1-2-5-15(7-11(16)17)12(18)8-3-4-10(14)9(13)6-8/h1,3-4,6H,5,7H2,(H,16,17). The van der Waals surface area contributed by atoms with Crippen molar-refractivity contribution >= 4 is 27.8 Å². The monoisotopic (exact) mass is 313 g/mol. The highest BCUT2D eigenvalue weighted by molar-refractivity contribution is 9.10. The fraction of sp³-hybridized carbons (Fsp3) is 0.167. The van der Waals surface area contributed by atoms with Crippen molar-refractivity contribution in [3.05, 3.63) is 34.1 Å². The number of benzene rings is 1. The van der Waals surface area contributed by atoms with Gasteiger partial charge in [-0.1, -0.05) is 5.92 Å². The molecule has 0 aliphatic carbocycles. The summed E-state index contributed by atoms with van der Waals surface area (Å²) in [4.78, 5) is 23.6. The molecule has 6 heteroatoms. The molecule has 0 bridgehead atoms. The van der Waals surface area contributed by atoms with Gasteiger partial charge < -0.3 is 10.0 Å². The fourth-order valence-corrected chi connectivity index (χ4v) is 1.66. The van der Waals surface area contributed by atoms with Gasteiger partial charge in [0.2, 0.25) is 0 Å². The van der Waals surface area contributed by atoms with Gasteiger partial charge in [-0.3, -0.25) is 9.59 Å². The molecule has 0 fully saturated rings. The summed E-state index contributed by atoms with van der Waals surface area (Å²) in [5, 5.41) is 8.67. The van der Waals surface area contributed by atoms with Gasteiger partial charge in [0.05, 0.1) is 11.0 Å². The van der Waals surface area contributed by atoms with Gasteiger partial charge in [0.25, 0.3) is 5.91 Å². The molecule has 0 atom stereocenters. The molecule has 1 N–H and O–H groups in total. The van der Waals surface area contributed by atoms with E-state index < -0.39 is 24.2 Å². The number of aliphatic carboxylic acids is 1. The highest BCUT2D eigenvalue weighted by atomic mass is 79.9. The van der Waals surface area contributed by atoms with Gasteiger partial charge in [0.15, 0.2) is 0 Å². The largest absolute Gasteiger partial charge is 0.480 e. The topological polar surface area (TPSA) is 57.6 Å². The average molecular weight is 314 g/mol. The third-order valence-electron chi connectivity index (χ3n) is 2.06. The predicted molar refractivity (Wildman–Crippen MR) is 66.5 cm³/mol. The highest BCUT2D eigenvalue weighted by Crippen LogP contribution is 2.17. The van der Waals surface area contributed by atoms with E-state index in [2.05, 4.69) is 21.9 Å². The lowest BCUT2D eigenvalue weighted by molar-refractivity contribution is -0.137. The smallest absolute Gasteiger partial charge is 0.323 e. The summed E-state index contributed by atoms with van der Waals surface area (Å²) >= 11 is 2.95. The van der Waals surface area contributed by atoms with Crippen LogP contribution in [0.1, 0.15) is 10.4 Å². The number of nitrogens with zero attached hydrogens (tertiary/aromatic N) is 1. The van der Waals surface area contributed by atoms with E-state index in [4.69, 9.17) is 11.5 Å². The molecule has 0 saturated heterocycles. The van der Waals surface area contributed by atoms with E-state index >= 15 is 0 Å². The Kier molecular flexibility index (Phi) is 4.86. The number of hydrogen-bond donors (Lipinski definition) is 1. The van der Waals surface area contributed by atoms with E-state index in [1.54, 1.807) is 0 Å². The molecule has 94 valence electrons. The van der Waals surface area contributed by atoms with Crippen molar-refractivity contribution in [3.63, 3.8) is 0 Å². The van der Waals surface area contributed by atoms with Gasteiger partial charge in [-0.2, -0.15) is 0 Å². The van der Waals surface area contributed by atoms with E-state index in [1.807, 2.05) is 0 Å². The number of carbonyl (C=O) groups is 2. The molecular formula is C12H9BrFNO3. The van der Waals surface area contributed by atoms with Crippen LogP contribution in [0.5, 0.6) is 0 Å². The van der Waals surface area contributed by atoms with E-state index in [0.29, 0.717) is 0 Å². The number of halogens is 2. The summed E-state index contributed by atoms with van der Waals surface area (Å²) in [6.07, 6.45) is 5.07. The van der Waals surface area contributed by atoms with Gasteiger partial charge in [-0.15, -0.1) is 6.42 Å². The molecule has 4 nitrogen and oxygen atoms in total. The number of amides is 1. The second-order valence-electron chi connectivity index (χ2n) is 3.39.